The van der Waals surface area contributed by atoms with Crippen molar-refractivity contribution >= 4 is 32.2 Å². The molecule has 0 saturated carbocycles. The minimum absolute atomic E-state index is 0.0189. The predicted molar refractivity (Wildman–Crippen MR) is 134 cm³/mol. The van der Waals surface area contributed by atoms with Crippen molar-refractivity contribution in [1.29, 1.82) is 0 Å². The molecule has 0 bridgehead atoms. The summed E-state index contributed by atoms with van der Waals surface area (Å²) in [5.41, 5.74) is 1.96. The first-order valence-corrected chi connectivity index (χ1v) is 13.6. The monoisotopic (exact) mass is 499 g/mol. The summed E-state index contributed by atoms with van der Waals surface area (Å²) in [7, 11) is -1.93. The minimum Gasteiger partial charge on any atom is -0.394 e. The third kappa shape index (κ3) is 4.51. The molecule has 186 valence electrons. The van der Waals surface area contributed by atoms with E-state index in [2.05, 4.69) is 10.3 Å². The Labute approximate surface area is 203 Å². The van der Waals surface area contributed by atoms with Crippen LogP contribution in [-0.4, -0.2) is 72.8 Å². The standard InChI is InChI=1S/C24H29N5O5S/c1-28-14-25-19-11-18(27-23(22(19)24(28)31)26-16-7-9-34-13-16)15-5-6-20(21(10-15)35(2,32)33)29-8-3-4-17(29)12-30/h5-6,10-11,14,16-17,30H,3-4,7-9,12-13H2,1-2H3,(H,26,27)/t16-,17+/m1/s1. The molecule has 11 heteroatoms. The van der Waals surface area contributed by atoms with E-state index in [0.29, 0.717) is 53.4 Å². The van der Waals surface area contributed by atoms with Gasteiger partial charge in [0, 0.05) is 32.0 Å². The van der Waals surface area contributed by atoms with Crippen molar-refractivity contribution in [3.05, 3.63) is 40.9 Å². The second kappa shape index (κ2) is 9.21. The molecule has 2 aromatic heterocycles. The van der Waals surface area contributed by atoms with Gasteiger partial charge in [0.05, 0.1) is 53.4 Å². The van der Waals surface area contributed by atoms with Gasteiger partial charge in [-0.25, -0.2) is 18.4 Å². The van der Waals surface area contributed by atoms with E-state index in [1.807, 2.05) is 11.0 Å². The number of hydrogen-bond donors (Lipinski definition) is 2. The van der Waals surface area contributed by atoms with Crippen LogP contribution in [0.3, 0.4) is 0 Å². The molecule has 35 heavy (non-hydrogen) atoms. The molecule has 1 aromatic carbocycles. The van der Waals surface area contributed by atoms with Gasteiger partial charge in [-0.3, -0.25) is 4.79 Å². The third-order valence-corrected chi connectivity index (χ3v) is 7.85. The second-order valence-electron chi connectivity index (χ2n) is 9.24. The number of aromatic nitrogens is 3. The van der Waals surface area contributed by atoms with Gasteiger partial charge in [-0.05, 0) is 37.5 Å². The van der Waals surface area contributed by atoms with Gasteiger partial charge in [-0.15, -0.1) is 0 Å². The fourth-order valence-electron chi connectivity index (χ4n) is 4.87. The molecule has 10 nitrogen and oxygen atoms in total. The lowest BCUT2D eigenvalue weighted by atomic mass is 10.1. The maximum absolute atomic E-state index is 12.9. The van der Waals surface area contributed by atoms with E-state index >= 15 is 0 Å². The zero-order chi connectivity index (χ0) is 24.7. The first-order chi connectivity index (χ1) is 16.8. The van der Waals surface area contributed by atoms with E-state index in [1.165, 1.54) is 17.2 Å². The number of aliphatic hydroxyl groups excluding tert-OH is 1. The Morgan fingerprint density at radius 1 is 1.26 bits per heavy atom. The van der Waals surface area contributed by atoms with Crippen LogP contribution in [0, 0.1) is 0 Å². The average molecular weight is 500 g/mol. The van der Waals surface area contributed by atoms with E-state index in [0.717, 1.165) is 19.3 Å². The summed E-state index contributed by atoms with van der Waals surface area (Å²) in [6.07, 6.45) is 5.15. The molecule has 2 saturated heterocycles. The molecule has 5 rings (SSSR count). The summed E-state index contributed by atoms with van der Waals surface area (Å²) >= 11 is 0. The summed E-state index contributed by atoms with van der Waals surface area (Å²) in [4.78, 5) is 24.2. The molecule has 0 unspecified atom stereocenters. The summed E-state index contributed by atoms with van der Waals surface area (Å²) < 4.78 is 32.4. The van der Waals surface area contributed by atoms with Crippen LogP contribution in [0.1, 0.15) is 19.3 Å². The Kier molecular flexibility index (Phi) is 6.24. The highest BCUT2D eigenvalue weighted by atomic mass is 32.2. The number of nitrogens with one attached hydrogen (secondary N) is 1. The zero-order valence-electron chi connectivity index (χ0n) is 19.8. The van der Waals surface area contributed by atoms with Crippen molar-refractivity contribution in [3.8, 4) is 11.3 Å². The quantitative estimate of drug-likeness (QED) is 0.519. The highest BCUT2D eigenvalue weighted by Crippen LogP contribution is 2.35. The second-order valence-corrected chi connectivity index (χ2v) is 11.2. The van der Waals surface area contributed by atoms with Crippen LogP contribution in [0.4, 0.5) is 11.5 Å². The largest absolute Gasteiger partial charge is 0.394 e. The number of pyridine rings is 1. The Hall–Kier alpha value is -3.02. The molecule has 0 aliphatic carbocycles. The molecule has 0 spiro atoms. The van der Waals surface area contributed by atoms with Gasteiger partial charge < -0.3 is 24.6 Å². The Morgan fingerprint density at radius 3 is 2.80 bits per heavy atom. The molecule has 3 aromatic rings. The van der Waals surface area contributed by atoms with Crippen LogP contribution in [-0.2, 0) is 21.6 Å². The fraction of sp³-hybridized carbons (Fsp3) is 0.458. The third-order valence-electron chi connectivity index (χ3n) is 6.73. The molecular formula is C24H29N5O5S. The number of sulfone groups is 1. The number of benzene rings is 1. The van der Waals surface area contributed by atoms with Crippen molar-refractivity contribution in [2.24, 2.45) is 7.05 Å². The van der Waals surface area contributed by atoms with Crippen LogP contribution >= 0.6 is 0 Å². The van der Waals surface area contributed by atoms with Crippen molar-refractivity contribution in [2.45, 2.75) is 36.2 Å². The molecule has 0 radical (unpaired) electrons. The number of hydrogen-bond acceptors (Lipinski definition) is 9. The van der Waals surface area contributed by atoms with E-state index in [-0.39, 0.29) is 29.1 Å². The number of aliphatic hydroxyl groups is 1. The number of rotatable bonds is 6. The predicted octanol–water partition coefficient (Wildman–Crippen LogP) is 1.56. The van der Waals surface area contributed by atoms with Crippen LogP contribution in [0.25, 0.3) is 22.2 Å². The number of ether oxygens (including phenoxy) is 1. The van der Waals surface area contributed by atoms with Gasteiger partial charge in [0.2, 0.25) is 0 Å². The van der Waals surface area contributed by atoms with Crippen LogP contribution in [0.15, 0.2) is 40.3 Å². The smallest absolute Gasteiger partial charge is 0.264 e. The number of fused-ring (bicyclic) bond motifs is 1. The Bertz CT molecular complexity index is 1430. The summed E-state index contributed by atoms with van der Waals surface area (Å²) in [6.45, 7) is 1.81. The lowest BCUT2D eigenvalue weighted by Crippen LogP contribution is -2.33. The number of aryl methyl sites for hydroxylation is 1. The molecule has 2 fully saturated rings. The zero-order valence-corrected chi connectivity index (χ0v) is 20.6. The first-order valence-electron chi connectivity index (χ1n) is 11.7. The fourth-order valence-corrected chi connectivity index (χ4v) is 5.77. The summed E-state index contributed by atoms with van der Waals surface area (Å²) in [5.74, 6) is 0.409. The molecule has 2 aliphatic rings. The molecule has 2 aliphatic heterocycles. The number of anilines is 2. The van der Waals surface area contributed by atoms with Gasteiger partial charge in [0.1, 0.15) is 11.2 Å². The Morgan fingerprint density at radius 2 is 2.09 bits per heavy atom. The van der Waals surface area contributed by atoms with E-state index in [9.17, 15) is 18.3 Å². The highest BCUT2D eigenvalue weighted by Gasteiger charge is 2.29. The van der Waals surface area contributed by atoms with Crippen molar-refractivity contribution in [1.82, 2.24) is 14.5 Å². The van der Waals surface area contributed by atoms with Crippen LogP contribution in [0.2, 0.25) is 0 Å². The lowest BCUT2D eigenvalue weighted by molar-refractivity contribution is 0.195. The normalized spacial score (nSPS) is 20.6. The molecule has 2 atom stereocenters. The maximum atomic E-state index is 12.9. The highest BCUT2D eigenvalue weighted by molar-refractivity contribution is 7.90. The van der Waals surface area contributed by atoms with Crippen LogP contribution in [0.5, 0.6) is 0 Å². The van der Waals surface area contributed by atoms with Gasteiger partial charge in [-0.1, -0.05) is 6.07 Å². The van der Waals surface area contributed by atoms with Gasteiger partial charge >= 0.3 is 0 Å². The van der Waals surface area contributed by atoms with Gasteiger partial charge in [0.15, 0.2) is 9.84 Å². The molecule has 0 amide bonds. The summed E-state index contributed by atoms with van der Waals surface area (Å²) in [5, 5.41) is 13.5. The summed E-state index contributed by atoms with van der Waals surface area (Å²) in [6, 6.07) is 6.85. The molecule has 4 heterocycles. The van der Waals surface area contributed by atoms with Gasteiger partial charge in [0.25, 0.3) is 5.56 Å². The number of nitrogens with zero attached hydrogens (tertiary/aromatic N) is 4. The first kappa shape index (κ1) is 23.7. The van der Waals surface area contributed by atoms with Gasteiger partial charge in [-0.2, -0.15) is 0 Å². The van der Waals surface area contributed by atoms with Crippen molar-refractivity contribution in [2.75, 3.05) is 42.8 Å². The topological polar surface area (TPSA) is 127 Å². The molecule has 2 N–H and O–H groups in total. The van der Waals surface area contributed by atoms with Crippen molar-refractivity contribution in [3.63, 3.8) is 0 Å². The van der Waals surface area contributed by atoms with E-state index in [4.69, 9.17) is 9.72 Å². The van der Waals surface area contributed by atoms with Crippen molar-refractivity contribution < 1.29 is 18.3 Å². The van der Waals surface area contributed by atoms with Crippen LogP contribution < -0.4 is 15.8 Å². The Balaban J connectivity index is 1.65. The maximum Gasteiger partial charge on any atom is 0.264 e. The minimum atomic E-state index is -3.57. The van der Waals surface area contributed by atoms with E-state index in [1.54, 1.807) is 25.2 Å². The SMILES string of the molecule is Cn1cnc2cc(-c3ccc(N4CCC[C@H]4CO)c(S(C)(=O)=O)c3)nc(N[C@@H]3CCOC3)c2c1=O. The molecular weight excluding hydrogens is 470 g/mol. The average Bonchev–Trinajstić information content (AvgIpc) is 3.52. The lowest BCUT2D eigenvalue weighted by Gasteiger charge is -2.27. The van der Waals surface area contributed by atoms with E-state index < -0.39 is 9.84 Å².